The lowest BCUT2D eigenvalue weighted by molar-refractivity contribution is 0.354. The normalized spacial score (nSPS) is 10.7. The number of ether oxygens (including phenoxy) is 2. The molecule has 0 atom stereocenters. The van der Waals surface area contributed by atoms with Crippen molar-refractivity contribution in [2.75, 3.05) is 14.2 Å². The molecule has 1 heterocycles. The van der Waals surface area contributed by atoms with Crippen molar-refractivity contribution in [2.45, 2.75) is 12.7 Å². The number of hydrogen-bond acceptors (Lipinski definition) is 5. The number of aromatic amines is 1. The van der Waals surface area contributed by atoms with Crippen molar-refractivity contribution in [1.82, 2.24) is 9.97 Å². The van der Waals surface area contributed by atoms with Crippen LogP contribution < -0.4 is 15.0 Å². The van der Waals surface area contributed by atoms with Gasteiger partial charge in [-0.25, -0.2) is 4.98 Å². The maximum absolute atomic E-state index is 12.0. The number of nitrogens with one attached hydrogen (secondary N) is 1. The Morgan fingerprint density at radius 1 is 1.39 bits per heavy atom. The molecule has 0 radical (unpaired) electrons. The fourth-order valence-electron chi connectivity index (χ4n) is 1.97. The van der Waals surface area contributed by atoms with Crippen LogP contribution in [-0.4, -0.2) is 24.2 Å². The van der Waals surface area contributed by atoms with Gasteiger partial charge < -0.3 is 14.5 Å². The zero-order chi connectivity index (χ0) is 13.3. The zero-order valence-electron chi connectivity index (χ0n) is 10.4. The number of methoxy groups -OCH3 is 2. The lowest BCUT2D eigenvalue weighted by Crippen LogP contribution is -2.13. The minimum absolute atomic E-state index is 0.192. The summed E-state index contributed by atoms with van der Waals surface area (Å²) in [5.74, 6) is 2.02. The lowest BCUT2D eigenvalue weighted by Gasteiger charge is -2.12. The first-order chi connectivity index (χ1) is 8.62. The largest absolute Gasteiger partial charge is 0.493 e. The van der Waals surface area contributed by atoms with Gasteiger partial charge in [0.25, 0.3) is 5.56 Å². The lowest BCUT2D eigenvalue weighted by atomic mass is 10.1. The van der Waals surface area contributed by atoms with Gasteiger partial charge in [0, 0.05) is 17.4 Å². The number of benzene rings is 1. The quantitative estimate of drug-likeness (QED) is 0.830. The standard InChI is InChI=1S/C12H14N2O3S/c1-6-10-7(4-8(16-2)11(6)17-3)13-9(5-18)14-12(10)15/h4,18H,5H2,1-3H3,(H,13,14,15). The predicted octanol–water partition coefficient (Wildman–Crippen LogP) is 1.68. The third-order valence-electron chi connectivity index (χ3n) is 2.78. The monoisotopic (exact) mass is 266 g/mol. The van der Waals surface area contributed by atoms with Gasteiger partial charge in [-0.15, -0.1) is 0 Å². The molecule has 5 nitrogen and oxygen atoms in total. The minimum Gasteiger partial charge on any atom is -0.493 e. The predicted molar refractivity (Wildman–Crippen MR) is 72.9 cm³/mol. The molecule has 0 unspecified atom stereocenters. The van der Waals surface area contributed by atoms with E-state index in [-0.39, 0.29) is 5.56 Å². The maximum Gasteiger partial charge on any atom is 0.259 e. The maximum atomic E-state index is 12.0. The molecule has 0 fully saturated rings. The molecule has 2 rings (SSSR count). The molecule has 0 aliphatic heterocycles. The number of hydrogen-bond donors (Lipinski definition) is 2. The summed E-state index contributed by atoms with van der Waals surface area (Å²) in [4.78, 5) is 19.0. The molecule has 2 aromatic rings. The van der Waals surface area contributed by atoms with Crippen molar-refractivity contribution >= 4 is 23.5 Å². The van der Waals surface area contributed by atoms with Gasteiger partial charge in [-0.3, -0.25) is 4.79 Å². The van der Waals surface area contributed by atoms with E-state index >= 15 is 0 Å². The zero-order valence-corrected chi connectivity index (χ0v) is 11.3. The van der Waals surface area contributed by atoms with E-state index in [1.165, 1.54) is 0 Å². The van der Waals surface area contributed by atoms with Crippen LogP contribution in [0.3, 0.4) is 0 Å². The summed E-state index contributed by atoms with van der Waals surface area (Å²) in [7, 11) is 3.09. The molecule has 0 bridgehead atoms. The average Bonchev–Trinajstić information content (AvgIpc) is 2.37. The Morgan fingerprint density at radius 2 is 2.11 bits per heavy atom. The molecule has 1 N–H and O–H groups in total. The highest BCUT2D eigenvalue weighted by atomic mass is 32.1. The highest BCUT2D eigenvalue weighted by Gasteiger charge is 2.15. The van der Waals surface area contributed by atoms with Gasteiger partial charge in [-0.1, -0.05) is 0 Å². The van der Waals surface area contributed by atoms with Crippen LogP contribution in [-0.2, 0) is 5.75 Å². The number of thiol groups is 1. The fraction of sp³-hybridized carbons (Fsp3) is 0.333. The summed E-state index contributed by atoms with van der Waals surface area (Å²) in [6, 6.07) is 1.70. The fourth-order valence-corrected chi connectivity index (χ4v) is 2.12. The van der Waals surface area contributed by atoms with Gasteiger partial charge in [0.05, 0.1) is 25.1 Å². The summed E-state index contributed by atoms with van der Waals surface area (Å²) in [5.41, 5.74) is 1.10. The summed E-state index contributed by atoms with van der Waals surface area (Å²) in [5, 5.41) is 0.512. The first-order valence-electron chi connectivity index (χ1n) is 5.37. The summed E-state index contributed by atoms with van der Waals surface area (Å²) in [6.45, 7) is 1.81. The molecule has 0 saturated carbocycles. The molecule has 0 aliphatic carbocycles. The van der Waals surface area contributed by atoms with E-state index in [9.17, 15) is 4.79 Å². The Kier molecular flexibility index (Phi) is 3.47. The Balaban J connectivity index is 2.90. The van der Waals surface area contributed by atoms with Gasteiger partial charge in [0.15, 0.2) is 11.5 Å². The Labute approximate surface area is 110 Å². The molecule has 1 aromatic carbocycles. The summed E-state index contributed by atoms with van der Waals surface area (Å²) in [6.07, 6.45) is 0. The Hall–Kier alpha value is -1.69. The summed E-state index contributed by atoms with van der Waals surface area (Å²) < 4.78 is 10.5. The highest BCUT2D eigenvalue weighted by Crippen LogP contribution is 2.34. The molecule has 0 amide bonds. The third kappa shape index (κ3) is 1.92. The van der Waals surface area contributed by atoms with E-state index in [0.29, 0.717) is 39.5 Å². The minimum atomic E-state index is -0.192. The third-order valence-corrected chi connectivity index (χ3v) is 3.08. The van der Waals surface area contributed by atoms with Gasteiger partial charge in [-0.2, -0.15) is 12.6 Å². The first-order valence-corrected chi connectivity index (χ1v) is 6.01. The topological polar surface area (TPSA) is 64.2 Å². The summed E-state index contributed by atoms with van der Waals surface area (Å²) >= 11 is 4.11. The molecule has 96 valence electrons. The van der Waals surface area contributed by atoms with E-state index in [0.717, 1.165) is 0 Å². The van der Waals surface area contributed by atoms with Crippen molar-refractivity contribution < 1.29 is 9.47 Å². The van der Waals surface area contributed by atoms with E-state index in [4.69, 9.17) is 9.47 Å². The molecular weight excluding hydrogens is 252 g/mol. The molecule has 1 aromatic heterocycles. The number of aryl methyl sites for hydroxylation is 1. The molecular formula is C12H14N2O3S. The van der Waals surface area contributed by atoms with Crippen molar-refractivity contribution in [3.63, 3.8) is 0 Å². The average molecular weight is 266 g/mol. The number of aromatic nitrogens is 2. The molecule has 6 heteroatoms. The molecule has 0 saturated heterocycles. The van der Waals surface area contributed by atoms with E-state index in [1.807, 2.05) is 0 Å². The smallest absolute Gasteiger partial charge is 0.259 e. The SMILES string of the molecule is COc1cc2nc(CS)[nH]c(=O)c2c(C)c1OC. The van der Waals surface area contributed by atoms with Crippen LogP contribution in [0.4, 0.5) is 0 Å². The van der Waals surface area contributed by atoms with Crippen LogP contribution in [0, 0.1) is 6.92 Å². The van der Waals surface area contributed by atoms with Crippen LogP contribution in [0.2, 0.25) is 0 Å². The van der Waals surface area contributed by atoms with Crippen molar-refractivity contribution in [1.29, 1.82) is 0 Å². The van der Waals surface area contributed by atoms with Gasteiger partial charge in [0.1, 0.15) is 5.82 Å². The van der Waals surface area contributed by atoms with Gasteiger partial charge >= 0.3 is 0 Å². The first kappa shape index (κ1) is 12.8. The van der Waals surface area contributed by atoms with E-state index in [1.54, 1.807) is 27.2 Å². The number of rotatable bonds is 3. The molecule has 0 spiro atoms. The van der Waals surface area contributed by atoms with E-state index in [2.05, 4.69) is 22.6 Å². The second-order valence-electron chi connectivity index (χ2n) is 3.80. The number of H-pyrrole nitrogens is 1. The van der Waals surface area contributed by atoms with Gasteiger partial charge in [0.2, 0.25) is 0 Å². The Morgan fingerprint density at radius 3 is 2.67 bits per heavy atom. The number of fused-ring (bicyclic) bond motifs is 1. The van der Waals surface area contributed by atoms with Crippen LogP contribution >= 0.6 is 12.6 Å². The second kappa shape index (κ2) is 4.89. The molecule has 18 heavy (non-hydrogen) atoms. The van der Waals surface area contributed by atoms with Gasteiger partial charge in [-0.05, 0) is 6.92 Å². The molecule has 0 aliphatic rings. The van der Waals surface area contributed by atoms with Crippen LogP contribution in [0.15, 0.2) is 10.9 Å². The van der Waals surface area contributed by atoms with Crippen LogP contribution in [0.1, 0.15) is 11.4 Å². The van der Waals surface area contributed by atoms with Crippen LogP contribution in [0.5, 0.6) is 11.5 Å². The van der Waals surface area contributed by atoms with Crippen molar-refractivity contribution in [3.8, 4) is 11.5 Å². The number of nitrogens with zero attached hydrogens (tertiary/aromatic N) is 1. The highest BCUT2D eigenvalue weighted by molar-refractivity contribution is 7.79. The second-order valence-corrected chi connectivity index (χ2v) is 4.12. The van der Waals surface area contributed by atoms with Crippen LogP contribution in [0.25, 0.3) is 10.9 Å². The van der Waals surface area contributed by atoms with Crippen molar-refractivity contribution in [2.24, 2.45) is 0 Å². The van der Waals surface area contributed by atoms with Crippen molar-refractivity contribution in [3.05, 3.63) is 27.8 Å². The Bertz CT molecular complexity index is 652. The van der Waals surface area contributed by atoms with E-state index < -0.39 is 0 Å².